The number of ether oxygens (including phenoxy) is 1. The van der Waals surface area contributed by atoms with E-state index in [2.05, 4.69) is 34.0 Å². The van der Waals surface area contributed by atoms with Crippen LogP contribution in [0.25, 0.3) is 22.4 Å². The van der Waals surface area contributed by atoms with Crippen molar-refractivity contribution in [1.29, 1.82) is 0 Å². The number of aromatic nitrogens is 2. The summed E-state index contributed by atoms with van der Waals surface area (Å²) < 4.78 is 6.10. The van der Waals surface area contributed by atoms with Gasteiger partial charge in [0, 0.05) is 18.7 Å². The average Bonchev–Trinajstić information content (AvgIpc) is 3.02. The highest BCUT2D eigenvalue weighted by Gasteiger charge is 2.18. The lowest BCUT2D eigenvalue weighted by Gasteiger charge is -2.29. The average molecular weight is 307 g/mol. The lowest BCUT2D eigenvalue weighted by Crippen LogP contribution is -2.35. The van der Waals surface area contributed by atoms with Gasteiger partial charge in [-0.15, -0.1) is 0 Å². The Morgan fingerprint density at radius 2 is 1.78 bits per heavy atom. The highest BCUT2D eigenvalue weighted by atomic mass is 16.5. The third-order valence-electron chi connectivity index (χ3n) is 4.49. The van der Waals surface area contributed by atoms with E-state index in [4.69, 9.17) is 4.74 Å². The maximum atomic E-state index is 6.10. The fourth-order valence-electron chi connectivity index (χ4n) is 3.08. The first-order valence-corrected chi connectivity index (χ1v) is 8.18. The summed E-state index contributed by atoms with van der Waals surface area (Å²) in [5, 5.41) is 0. The van der Waals surface area contributed by atoms with Gasteiger partial charge in [-0.1, -0.05) is 12.1 Å². The third-order valence-corrected chi connectivity index (χ3v) is 4.49. The van der Waals surface area contributed by atoms with Crippen molar-refractivity contribution in [2.75, 3.05) is 20.1 Å². The lowest BCUT2D eigenvalue weighted by molar-refractivity contribution is 0.114. The minimum absolute atomic E-state index is 0.336. The number of fused-ring (bicyclic) bond motifs is 1. The number of nitrogens with zero attached hydrogens (tertiary/aromatic N) is 2. The smallest absolute Gasteiger partial charge is 0.138 e. The molecule has 4 nitrogen and oxygen atoms in total. The van der Waals surface area contributed by atoms with Crippen molar-refractivity contribution in [1.82, 2.24) is 14.9 Å². The normalized spacial score (nSPS) is 16.7. The zero-order valence-electron chi connectivity index (χ0n) is 13.3. The topological polar surface area (TPSA) is 41.1 Å². The summed E-state index contributed by atoms with van der Waals surface area (Å²) in [4.78, 5) is 10.3. The second-order valence-corrected chi connectivity index (χ2v) is 6.25. The molecule has 2 aromatic carbocycles. The molecule has 0 atom stereocenters. The van der Waals surface area contributed by atoms with Crippen LogP contribution in [0.1, 0.15) is 12.8 Å². The van der Waals surface area contributed by atoms with E-state index >= 15 is 0 Å². The molecule has 0 saturated carbocycles. The van der Waals surface area contributed by atoms with Gasteiger partial charge in [-0.05, 0) is 56.3 Å². The van der Waals surface area contributed by atoms with E-state index in [0.717, 1.165) is 54.1 Å². The van der Waals surface area contributed by atoms with Gasteiger partial charge in [0.2, 0.25) is 0 Å². The van der Waals surface area contributed by atoms with E-state index in [9.17, 15) is 0 Å². The number of rotatable bonds is 3. The first-order valence-electron chi connectivity index (χ1n) is 8.18. The quantitative estimate of drug-likeness (QED) is 0.802. The molecule has 1 aromatic heterocycles. The number of piperidine rings is 1. The van der Waals surface area contributed by atoms with Crippen LogP contribution >= 0.6 is 0 Å². The van der Waals surface area contributed by atoms with Gasteiger partial charge in [-0.25, -0.2) is 4.98 Å². The molecule has 118 valence electrons. The van der Waals surface area contributed by atoms with E-state index in [0.29, 0.717) is 6.10 Å². The Morgan fingerprint density at radius 1 is 1.04 bits per heavy atom. The Balaban J connectivity index is 1.49. The maximum Gasteiger partial charge on any atom is 0.138 e. The number of imidazole rings is 1. The van der Waals surface area contributed by atoms with Crippen molar-refractivity contribution in [2.45, 2.75) is 18.9 Å². The Bertz CT molecular complexity index is 753. The van der Waals surface area contributed by atoms with Crippen LogP contribution in [-0.4, -0.2) is 41.1 Å². The minimum atomic E-state index is 0.336. The van der Waals surface area contributed by atoms with Crippen LogP contribution < -0.4 is 4.74 Å². The number of hydrogen-bond donors (Lipinski definition) is 1. The fourth-order valence-corrected chi connectivity index (χ4v) is 3.08. The van der Waals surface area contributed by atoms with Crippen LogP contribution in [0.3, 0.4) is 0 Å². The summed E-state index contributed by atoms with van der Waals surface area (Å²) in [6.07, 6.45) is 2.53. The maximum absolute atomic E-state index is 6.10. The molecule has 0 aliphatic carbocycles. The highest BCUT2D eigenvalue weighted by Crippen LogP contribution is 2.24. The van der Waals surface area contributed by atoms with Crippen molar-refractivity contribution in [3.8, 4) is 17.1 Å². The summed E-state index contributed by atoms with van der Waals surface area (Å²) in [6, 6.07) is 16.3. The molecular formula is C19H21N3O. The van der Waals surface area contributed by atoms with Crippen LogP contribution in [0.2, 0.25) is 0 Å². The Morgan fingerprint density at radius 3 is 2.52 bits per heavy atom. The molecule has 4 heteroatoms. The van der Waals surface area contributed by atoms with Gasteiger partial charge in [0.05, 0.1) is 11.0 Å². The van der Waals surface area contributed by atoms with Gasteiger partial charge in [0.1, 0.15) is 17.7 Å². The molecular weight excluding hydrogens is 286 g/mol. The number of likely N-dealkylation sites (tertiary alicyclic amines) is 1. The van der Waals surface area contributed by atoms with E-state index in [-0.39, 0.29) is 0 Å². The van der Waals surface area contributed by atoms with Crippen LogP contribution in [0.4, 0.5) is 0 Å². The van der Waals surface area contributed by atoms with Crippen LogP contribution in [0.5, 0.6) is 5.75 Å². The SMILES string of the molecule is CN1CCC(Oc2ccc(-c3nc4ccccc4[nH]3)cc2)CC1. The monoisotopic (exact) mass is 307 g/mol. The fraction of sp³-hybridized carbons (Fsp3) is 0.316. The molecule has 23 heavy (non-hydrogen) atoms. The van der Waals surface area contributed by atoms with Crippen LogP contribution in [0, 0.1) is 0 Å². The molecule has 1 saturated heterocycles. The molecule has 2 heterocycles. The Kier molecular flexibility index (Phi) is 3.75. The summed E-state index contributed by atoms with van der Waals surface area (Å²) in [5.41, 5.74) is 3.14. The molecule has 1 aliphatic heterocycles. The predicted octanol–water partition coefficient (Wildman–Crippen LogP) is 3.70. The number of H-pyrrole nitrogens is 1. The van der Waals surface area contributed by atoms with Gasteiger partial charge in [-0.2, -0.15) is 0 Å². The van der Waals surface area contributed by atoms with Crippen molar-refractivity contribution >= 4 is 11.0 Å². The zero-order valence-corrected chi connectivity index (χ0v) is 13.3. The minimum Gasteiger partial charge on any atom is -0.490 e. The predicted molar refractivity (Wildman–Crippen MR) is 92.7 cm³/mol. The van der Waals surface area contributed by atoms with Gasteiger partial charge >= 0.3 is 0 Å². The summed E-state index contributed by atoms with van der Waals surface area (Å²) in [5.74, 6) is 1.84. The molecule has 4 rings (SSSR count). The van der Waals surface area contributed by atoms with Crippen molar-refractivity contribution in [2.24, 2.45) is 0 Å². The van der Waals surface area contributed by atoms with E-state index in [1.165, 1.54) is 0 Å². The van der Waals surface area contributed by atoms with Crippen molar-refractivity contribution in [3.63, 3.8) is 0 Å². The molecule has 3 aromatic rings. The standard InChI is InChI=1S/C19H21N3O/c1-22-12-10-16(11-13-22)23-15-8-6-14(7-9-15)19-20-17-4-2-3-5-18(17)21-19/h2-9,16H,10-13H2,1H3,(H,20,21). The summed E-state index contributed by atoms with van der Waals surface area (Å²) >= 11 is 0. The largest absolute Gasteiger partial charge is 0.490 e. The first kappa shape index (κ1) is 14.3. The van der Waals surface area contributed by atoms with E-state index in [1.54, 1.807) is 0 Å². The number of benzene rings is 2. The Labute approximate surface area is 136 Å². The van der Waals surface area contributed by atoms with E-state index in [1.807, 2.05) is 36.4 Å². The Hall–Kier alpha value is -2.33. The van der Waals surface area contributed by atoms with Gasteiger partial charge in [-0.3, -0.25) is 0 Å². The molecule has 1 N–H and O–H groups in total. The molecule has 0 unspecified atom stereocenters. The highest BCUT2D eigenvalue weighted by molar-refractivity contribution is 5.79. The first-order chi connectivity index (χ1) is 11.3. The van der Waals surface area contributed by atoms with Crippen molar-refractivity contribution < 1.29 is 4.74 Å². The molecule has 0 bridgehead atoms. The number of para-hydroxylation sites is 2. The zero-order chi connectivity index (χ0) is 15.6. The van der Waals surface area contributed by atoms with Crippen molar-refractivity contribution in [3.05, 3.63) is 48.5 Å². The number of aromatic amines is 1. The van der Waals surface area contributed by atoms with Crippen LogP contribution in [0.15, 0.2) is 48.5 Å². The van der Waals surface area contributed by atoms with Crippen LogP contribution in [-0.2, 0) is 0 Å². The molecule has 1 fully saturated rings. The van der Waals surface area contributed by atoms with Gasteiger partial charge < -0.3 is 14.6 Å². The molecule has 0 amide bonds. The summed E-state index contributed by atoms with van der Waals surface area (Å²) in [7, 11) is 2.17. The molecule has 0 spiro atoms. The second-order valence-electron chi connectivity index (χ2n) is 6.25. The molecule has 0 radical (unpaired) electrons. The number of nitrogens with one attached hydrogen (secondary N) is 1. The lowest BCUT2D eigenvalue weighted by atomic mass is 10.1. The third kappa shape index (κ3) is 3.08. The van der Waals surface area contributed by atoms with Gasteiger partial charge in [0.25, 0.3) is 0 Å². The van der Waals surface area contributed by atoms with Gasteiger partial charge in [0.15, 0.2) is 0 Å². The molecule has 1 aliphatic rings. The summed E-state index contributed by atoms with van der Waals surface area (Å²) in [6.45, 7) is 2.23. The number of hydrogen-bond acceptors (Lipinski definition) is 3. The van der Waals surface area contributed by atoms with E-state index < -0.39 is 0 Å². The second kappa shape index (κ2) is 6.05.